The highest BCUT2D eigenvalue weighted by Gasteiger charge is 1.99. The molecule has 0 atom stereocenters. The zero-order valence-corrected chi connectivity index (χ0v) is 8.27. The summed E-state index contributed by atoms with van der Waals surface area (Å²) in [6.45, 7) is 0. The van der Waals surface area contributed by atoms with E-state index in [9.17, 15) is 0 Å². The van der Waals surface area contributed by atoms with E-state index in [1.165, 1.54) is 10.4 Å². The fourth-order valence-electron chi connectivity index (χ4n) is 1.13. The van der Waals surface area contributed by atoms with Gasteiger partial charge in [0.15, 0.2) is 0 Å². The molecule has 3 radical (unpaired) electrons. The summed E-state index contributed by atoms with van der Waals surface area (Å²) in [6.07, 6.45) is 0. The first-order valence-electron chi connectivity index (χ1n) is 3.72. The number of hydrogen-bond acceptors (Lipinski definition) is 1. The Hall–Kier alpha value is -0.863. The first kappa shape index (κ1) is 7.77. The van der Waals surface area contributed by atoms with Gasteiger partial charge in [0.1, 0.15) is 0 Å². The van der Waals surface area contributed by atoms with Crippen LogP contribution in [0, 0.1) is 0 Å². The van der Waals surface area contributed by atoms with Crippen molar-refractivity contribution in [3.63, 3.8) is 0 Å². The Morgan fingerprint density at radius 3 is 2.50 bits per heavy atom. The Morgan fingerprint density at radius 1 is 1.00 bits per heavy atom. The second-order valence-corrected chi connectivity index (χ2v) is 4.01. The van der Waals surface area contributed by atoms with Gasteiger partial charge in [-0.3, -0.25) is 0 Å². The lowest BCUT2D eigenvalue weighted by molar-refractivity contribution is 1.75. The second-order valence-electron chi connectivity index (χ2n) is 2.52. The summed E-state index contributed by atoms with van der Waals surface area (Å²) >= 11 is 1.76. The molecule has 1 aromatic heterocycles. The maximum atomic E-state index is 3.58. The topological polar surface area (TPSA) is 0 Å². The predicted molar refractivity (Wildman–Crippen MR) is 55.1 cm³/mol. The van der Waals surface area contributed by atoms with Gasteiger partial charge in [0.05, 0.1) is 10.2 Å². The number of hydrogen-bond donors (Lipinski definition) is 0. The Kier molecular flexibility index (Phi) is 2.10. The third kappa shape index (κ3) is 1.35. The highest BCUT2D eigenvalue weighted by Crippen LogP contribution is 2.21. The molecule has 0 amide bonds. The molecule has 2 rings (SSSR count). The number of benzene rings is 1. The molecule has 0 N–H and O–H groups in total. The van der Waals surface area contributed by atoms with Crippen LogP contribution in [0.3, 0.4) is 0 Å². The summed E-state index contributed by atoms with van der Waals surface area (Å²) in [5.74, 6) is 0. The van der Waals surface area contributed by atoms with Gasteiger partial charge in [-0.25, -0.2) is 0 Å². The third-order valence-corrected chi connectivity index (χ3v) is 3.05. The van der Waals surface area contributed by atoms with Crippen molar-refractivity contribution >= 4 is 26.8 Å². The number of thiophene rings is 1. The van der Waals surface area contributed by atoms with Crippen LogP contribution in [-0.2, 0) is 0 Å². The van der Waals surface area contributed by atoms with Gasteiger partial charge in [-0.05, 0) is 17.0 Å². The monoisotopic (exact) mass is 187 g/mol. The van der Waals surface area contributed by atoms with Crippen molar-refractivity contribution in [3.8, 4) is 10.4 Å². The molecule has 0 bridgehead atoms. The van der Waals surface area contributed by atoms with E-state index < -0.39 is 0 Å². The standard InChI is InChI=1S/C10H7SSi/c12-10-6-2-1-4-8(10)9-5-3-7-11-9/h1-7H. The van der Waals surface area contributed by atoms with Crippen LogP contribution in [-0.4, -0.2) is 10.2 Å². The molecule has 57 valence electrons. The molecule has 1 aromatic carbocycles. The molecule has 0 saturated carbocycles. The summed E-state index contributed by atoms with van der Waals surface area (Å²) in [5.41, 5.74) is 1.27. The summed E-state index contributed by atoms with van der Waals surface area (Å²) in [5, 5.41) is 3.24. The Balaban J connectivity index is 2.55. The van der Waals surface area contributed by atoms with Crippen molar-refractivity contribution in [1.29, 1.82) is 0 Å². The van der Waals surface area contributed by atoms with Crippen molar-refractivity contribution in [3.05, 3.63) is 41.8 Å². The van der Waals surface area contributed by atoms with Crippen molar-refractivity contribution < 1.29 is 0 Å². The second kappa shape index (κ2) is 3.25. The van der Waals surface area contributed by atoms with Crippen LogP contribution in [0.25, 0.3) is 10.4 Å². The molecule has 0 aliphatic rings. The molecule has 0 spiro atoms. The fraction of sp³-hybridized carbons (Fsp3) is 0. The SMILES string of the molecule is [Si]c1ccccc1-c1cccs1. The van der Waals surface area contributed by atoms with Crippen LogP contribution in [0.15, 0.2) is 41.8 Å². The number of rotatable bonds is 1. The molecule has 0 aliphatic carbocycles. The highest BCUT2D eigenvalue weighted by molar-refractivity contribution is 7.13. The van der Waals surface area contributed by atoms with Crippen LogP contribution in [0.5, 0.6) is 0 Å². The van der Waals surface area contributed by atoms with E-state index in [1.54, 1.807) is 11.3 Å². The van der Waals surface area contributed by atoms with Gasteiger partial charge in [-0.1, -0.05) is 35.5 Å². The van der Waals surface area contributed by atoms with E-state index in [0.29, 0.717) is 0 Å². The zero-order valence-electron chi connectivity index (χ0n) is 6.45. The Bertz CT molecular complexity index is 365. The van der Waals surface area contributed by atoms with E-state index in [-0.39, 0.29) is 0 Å². The smallest absolute Gasteiger partial charge is 0.0721 e. The summed E-state index contributed by atoms with van der Waals surface area (Å²) in [7, 11) is 3.58. The Morgan fingerprint density at radius 2 is 1.83 bits per heavy atom. The lowest BCUT2D eigenvalue weighted by Gasteiger charge is -2.00. The van der Waals surface area contributed by atoms with Crippen molar-refractivity contribution in [1.82, 2.24) is 0 Å². The molecule has 12 heavy (non-hydrogen) atoms. The quantitative estimate of drug-likeness (QED) is 0.600. The van der Waals surface area contributed by atoms with Gasteiger partial charge in [0.25, 0.3) is 0 Å². The van der Waals surface area contributed by atoms with E-state index in [1.807, 2.05) is 6.07 Å². The van der Waals surface area contributed by atoms with E-state index in [4.69, 9.17) is 0 Å². The average molecular weight is 187 g/mol. The minimum Gasteiger partial charge on any atom is -0.144 e. The fourth-order valence-corrected chi connectivity index (χ4v) is 2.30. The predicted octanol–water partition coefficient (Wildman–Crippen LogP) is 2.21. The van der Waals surface area contributed by atoms with Crippen LogP contribution in [0.4, 0.5) is 0 Å². The zero-order chi connectivity index (χ0) is 8.39. The van der Waals surface area contributed by atoms with Gasteiger partial charge >= 0.3 is 0 Å². The first-order valence-corrected chi connectivity index (χ1v) is 5.10. The summed E-state index contributed by atoms with van der Waals surface area (Å²) in [4.78, 5) is 1.31. The summed E-state index contributed by atoms with van der Waals surface area (Å²) in [6, 6.07) is 12.5. The van der Waals surface area contributed by atoms with E-state index in [2.05, 4.69) is 46.0 Å². The highest BCUT2D eigenvalue weighted by atomic mass is 32.1. The van der Waals surface area contributed by atoms with Gasteiger partial charge in [0.2, 0.25) is 0 Å². The van der Waals surface area contributed by atoms with Crippen LogP contribution in [0.2, 0.25) is 0 Å². The molecule has 0 nitrogen and oxygen atoms in total. The first-order chi connectivity index (χ1) is 5.88. The molecular weight excluding hydrogens is 180 g/mol. The molecular formula is C10H7SSi. The average Bonchev–Trinajstić information content (AvgIpc) is 2.57. The lowest BCUT2D eigenvalue weighted by Crippen LogP contribution is -2.04. The maximum Gasteiger partial charge on any atom is 0.0721 e. The molecule has 0 fully saturated rings. The molecule has 0 unspecified atom stereocenters. The largest absolute Gasteiger partial charge is 0.144 e. The van der Waals surface area contributed by atoms with E-state index in [0.717, 1.165) is 5.19 Å². The van der Waals surface area contributed by atoms with Gasteiger partial charge < -0.3 is 0 Å². The van der Waals surface area contributed by atoms with Crippen molar-refractivity contribution in [2.75, 3.05) is 0 Å². The molecule has 2 aromatic rings. The minimum absolute atomic E-state index is 1.15. The maximum absolute atomic E-state index is 3.58. The van der Waals surface area contributed by atoms with Crippen LogP contribution >= 0.6 is 11.3 Å². The van der Waals surface area contributed by atoms with Gasteiger partial charge in [-0.2, -0.15) is 0 Å². The van der Waals surface area contributed by atoms with Gasteiger partial charge in [-0.15, -0.1) is 11.3 Å². The molecule has 0 saturated heterocycles. The van der Waals surface area contributed by atoms with Crippen LogP contribution in [0.1, 0.15) is 0 Å². The molecule has 2 heteroatoms. The molecule has 0 aliphatic heterocycles. The molecule has 1 heterocycles. The lowest BCUT2D eigenvalue weighted by atomic mass is 10.2. The van der Waals surface area contributed by atoms with Crippen molar-refractivity contribution in [2.24, 2.45) is 0 Å². The van der Waals surface area contributed by atoms with E-state index >= 15 is 0 Å². The Labute approximate surface area is 79.3 Å². The normalized spacial score (nSPS) is 10.1. The minimum atomic E-state index is 1.15. The third-order valence-electron chi connectivity index (χ3n) is 1.71. The summed E-state index contributed by atoms with van der Waals surface area (Å²) < 4.78 is 0. The van der Waals surface area contributed by atoms with Crippen molar-refractivity contribution in [2.45, 2.75) is 0 Å². The van der Waals surface area contributed by atoms with Gasteiger partial charge in [0, 0.05) is 4.88 Å². The van der Waals surface area contributed by atoms with Crippen LogP contribution < -0.4 is 5.19 Å².